The number of hydrogen-bond donors (Lipinski definition) is 0. The number of esters is 3. The van der Waals surface area contributed by atoms with Gasteiger partial charge >= 0.3 is 17.9 Å². The highest BCUT2D eigenvalue weighted by Gasteiger charge is 2.39. The zero-order valence-corrected chi connectivity index (χ0v) is 15.8. The first-order valence-corrected chi connectivity index (χ1v) is 8.25. The minimum Gasteiger partial charge on any atom is -0.490 e. The summed E-state index contributed by atoms with van der Waals surface area (Å²) >= 11 is 3.32. The van der Waals surface area contributed by atoms with Crippen LogP contribution >= 0.6 is 15.9 Å². The third kappa shape index (κ3) is 4.60. The molecule has 1 aliphatic rings. The minimum absolute atomic E-state index is 0.221. The summed E-state index contributed by atoms with van der Waals surface area (Å²) in [5.41, 5.74) is 0.214. The van der Waals surface area contributed by atoms with Crippen molar-refractivity contribution >= 4 is 39.9 Å². The lowest BCUT2D eigenvalue weighted by Gasteiger charge is -2.29. The summed E-state index contributed by atoms with van der Waals surface area (Å²) in [4.78, 5) is 35.3. The molecule has 0 bridgehead atoms. The molecule has 1 aliphatic heterocycles. The Morgan fingerprint density at radius 3 is 2.32 bits per heavy atom. The normalized spacial score (nSPS) is 16.0. The molecule has 0 atom stereocenters. The summed E-state index contributed by atoms with van der Waals surface area (Å²) in [5, 5.41) is 0. The number of cyclic esters (lactones) is 2. The quantitative estimate of drug-likeness (QED) is 0.325. The first-order chi connectivity index (χ1) is 11.6. The molecule has 0 aliphatic carbocycles. The van der Waals surface area contributed by atoms with Crippen LogP contribution in [0.1, 0.15) is 33.3 Å². The first-order valence-electron chi connectivity index (χ1n) is 7.46. The molecule has 1 heterocycles. The molecule has 7 nitrogen and oxygen atoms in total. The van der Waals surface area contributed by atoms with E-state index in [1.54, 1.807) is 13.0 Å². The van der Waals surface area contributed by atoms with Crippen molar-refractivity contribution in [3.63, 3.8) is 0 Å². The summed E-state index contributed by atoms with van der Waals surface area (Å²) in [6.45, 7) is 6.32. The Bertz CT molecular complexity index is 743. The lowest BCUT2D eigenvalue weighted by atomic mass is 10.1. The fraction of sp³-hybridized carbons (Fsp3) is 0.353. The Morgan fingerprint density at radius 2 is 1.80 bits per heavy atom. The van der Waals surface area contributed by atoms with Gasteiger partial charge in [-0.15, -0.1) is 0 Å². The van der Waals surface area contributed by atoms with Gasteiger partial charge in [0, 0.05) is 25.2 Å². The van der Waals surface area contributed by atoms with Gasteiger partial charge in [0.15, 0.2) is 11.5 Å². The third-order valence-corrected chi connectivity index (χ3v) is 3.72. The molecular weight excluding hydrogens is 396 g/mol. The second kappa shape index (κ2) is 7.26. The van der Waals surface area contributed by atoms with E-state index in [-0.39, 0.29) is 11.3 Å². The molecule has 0 spiro atoms. The average molecular weight is 413 g/mol. The molecule has 1 fully saturated rings. The number of benzene rings is 1. The van der Waals surface area contributed by atoms with Crippen LogP contribution in [0, 0.1) is 0 Å². The van der Waals surface area contributed by atoms with Gasteiger partial charge in [-0.3, -0.25) is 4.79 Å². The van der Waals surface area contributed by atoms with Crippen molar-refractivity contribution in [2.75, 3.05) is 6.61 Å². The van der Waals surface area contributed by atoms with Crippen LogP contribution < -0.4 is 9.47 Å². The molecule has 0 amide bonds. The highest BCUT2D eigenvalue weighted by molar-refractivity contribution is 9.10. The number of rotatable bonds is 4. The maximum Gasteiger partial charge on any atom is 0.348 e. The molecule has 1 aromatic rings. The smallest absolute Gasteiger partial charge is 0.348 e. The van der Waals surface area contributed by atoms with Crippen LogP contribution in [0.3, 0.4) is 0 Å². The van der Waals surface area contributed by atoms with Crippen molar-refractivity contribution < 1.29 is 33.3 Å². The van der Waals surface area contributed by atoms with Gasteiger partial charge in [0.2, 0.25) is 0 Å². The predicted molar refractivity (Wildman–Crippen MR) is 90.9 cm³/mol. The molecule has 0 N–H and O–H groups in total. The van der Waals surface area contributed by atoms with Crippen LogP contribution in [0.5, 0.6) is 11.5 Å². The molecule has 8 heteroatoms. The molecule has 1 saturated heterocycles. The van der Waals surface area contributed by atoms with Crippen LogP contribution in [0.25, 0.3) is 6.08 Å². The summed E-state index contributed by atoms with van der Waals surface area (Å²) in [6, 6.07) is 3.06. The van der Waals surface area contributed by atoms with E-state index in [4.69, 9.17) is 18.9 Å². The monoisotopic (exact) mass is 412 g/mol. The molecule has 0 saturated carbocycles. The van der Waals surface area contributed by atoms with E-state index in [1.165, 1.54) is 32.9 Å². The van der Waals surface area contributed by atoms with E-state index in [1.807, 2.05) is 0 Å². The van der Waals surface area contributed by atoms with E-state index < -0.39 is 23.7 Å². The average Bonchev–Trinajstić information content (AvgIpc) is 2.45. The number of hydrogen-bond acceptors (Lipinski definition) is 7. The molecule has 0 radical (unpaired) electrons. The molecular formula is C17H17BrO7. The fourth-order valence-corrected chi connectivity index (χ4v) is 2.54. The van der Waals surface area contributed by atoms with Gasteiger partial charge in [-0.05, 0) is 30.7 Å². The van der Waals surface area contributed by atoms with Crippen LogP contribution in [0.15, 0.2) is 22.2 Å². The lowest BCUT2D eigenvalue weighted by Crippen LogP contribution is -2.41. The van der Waals surface area contributed by atoms with Gasteiger partial charge in [0.1, 0.15) is 5.57 Å². The van der Waals surface area contributed by atoms with Gasteiger partial charge in [-0.2, -0.15) is 0 Å². The molecule has 2 rings (SSSR count). The fourth-order valence-electron chi connectivity index (χ4n) is 2.10. The Balaban J connectivity index is 2.45. The zero-order chi connectivity index (χ0) is 18.8. The summed E-state index contributed by atoms with van der Waals surface area (Å²) in [6.07, 6.45) is 1.32. The summed E-state index contributed by atoms with van der Waals surface area (Å²) < 4.78 is 21.1. The Kier molecular flexibility index (Phi) is 5.52. The highest BCUT2D eigenvalue weighted by Crippen LogP contribution is 2.36. The molecule has 25 heavy (non-hydrogen) atoms. The van der Waals surface area contributed by atoms with E-state index in [2.05, 4.69) is 15.9 Å². The highest BCUT2D eigenvalue weighted by atomic mass is 79.9. The van der Waals surface area contributed by atoms with Crippen LogP contribution in [0.2, 0.25) is 0 Å². The number of carbonyl (C=O) groups is 3. The van der Waals surface area contributed by atoms with Crippen LogP contribution in [-0.2, 0) is 23.9 Å². The molecule has 0 aromatic heterocycles. The maximum absolute atomic E-state index is 12.1. The van der Waals surface area contributed by atoms with Crippen molar-refractivity contribution in [2.24, 2.45) is 0 Å². The Labute approximate surface area is 153 Å². The maximum atomic E-state index is 12.1. The van der Waals surface area contributed by atoms with E-state index in [0.29, 0.717) is 22.4 Å². The first kappa shape index (κ1) is 19.0. The van der Waals surface area contributed by atoms with E-state index in [9.17, 15) is 14.4 Å². The van der Waals surface area contributed by atoms with Crippen molar-refractivity contribution in [2.45, 2.75) is 33.5 Å². The van der Waals surface area contributed by atoms with Gasteiger partial charge < -0.3 is 18.9 Å². The largest absolute Gasteiger partial charge is 0.490 e. The van der Waals surface area contributed by atoms with Gasteiger partial charge in [-0.1, -0.05) is 15.9 Å². The molecule has 1 aromatic carbocycles. The number of halogens is 1. The standard InChI is InChI=1S/C17H17BrO7/c1-5-22-13-7-10(12(18)8-14(13)23-9(2)19)6-11-15(20)24-17(3,4)25-16(11)21/h6-8H,5H2,1-4H3. The lowest BCUT2D eigenvalue weighted by molar-refractivity contribution is -0.222. The van der Waals surface area contributed by atoms with E-state index in [0.717, 1.165) is 0 Å². The predicted octanol–water partition coefficient (Wildman–Crippen LogP) is 2.99. The minimum atomic E-state index is -1.31. The summed E-state index contributed by atoms with van der Waals surface area (Å²) in [5.74, 6) is -2.85. The van der Waals surface area contributed by atoms with Gasteiger partial charge in [0.25, 0.3) is 5.79 Å². The molecule has 0 unspecified atom stereocenters. The van der Waals surface area contributed by atoms with Crippen LogP contribution in [0.4, 0.5) is 0 Å². The molecule has 134 valence electrons. The van der Waals surface area contributed by atoms with E-state index >= 15 is 0 Å². The van der Waals surface area contributed by atoms with Crippen LogP contribution in [-0.4, -0.2) is 30.3 Å². The summed E-state index contributed by atoms with van der Waals surface area (Å²) in [7, 11) is 0. The third-order valence-electron chi connectivity index (χ3n) is 3.03. The second-order valence-corrected chi connectivity index (χ2v) is 6.44. The topological polar surface area (TPSA) is 88.1 Å². The second-order valence-electron chi connectivity index (χ2n) is 5.58. The van der Waals surface area contributed by atoms with Crippen molar-refractivity contribution in [3.8, 4) is 11.5 Å². The Hall–Kier alpha value is -2.35. The van der Waals surface area contributed by atoms with Crippen molar-refractivity contribution in [1.29, 1.82) is 0 Å². The number of carbonyl (C=O) groups excluding carboxylic acids is 3. The van der Waals surface area contributed by atoms with Gasteiger partial charge in [-0.25, -0.2) is 9.59 Å². The van der Waals surface area contributed by atoms with Crippen molar-refractivity contribution in [3.05, 3.63) is 27.7 Å². The van der Waals surface area contributed by atoms with Crippen molar-refractivity contribution in [1.82, 2.24) is 0 Å². The van der Waals surface area contributed by atoms with Gasteiger partial charge in [0.05, 0.1) is 6.61 Å². The zero-order valence-electron chi connectivity index (χ0n) is 14.2. The Morgan fingerprint density at radius 1 is 1.20 bits per heavy atom. The number of ether oxygens (including phenoxy) is 4. The SMILES string of the molecule is CCOc1cc(C=C2C(=O)OC(C)(C)OC2=O)c(Br)cc1OC(C)=O.